The minimum absolute atomic E-state index is 0.266. The minimum Gasteiger partial charge on any atom is -0.398 e. The zero-order chi connectivity index (χ0) is 13.0. The topological polar surface area (TPSA) is 38.0 Å². The van der Waals surface area contributed by atoms with Crippen LogP contribution >= 0.6 is 11.6 Å². The first-order chi connectivity index (χ1) is 8.66. The second-order valence-corrected chi connectivity index (χ2v) is 4.79. The summed E-state index contributed by atoms with van der Waals surface area (Å²) in [5, 5.41) is 4.21. The van der Waals surface area contributed by atoms with Crippen molar-refractivity contribution in [2.75, 3.05) is 5.73 Å². The van der Waals surface area contributed by atoms with Crippen molar-refractivity contribution >= 4 is 17.3 Å². The summed E-state index contributed by atoms with van der Waals surface area (Å²) in [6.45, 7) is 2.89. The largest absolute Gasteiger partial charge is 0.398 e. The van der Waals surface area contributed by atoms with Crippen molar-refractivity contribution in [1.82, 2.24) is 5.32 Å². The van der Waals surface area contributed by atoms with E-state index in [-0.39, 0.29) is 6.04 Å². The number of para-hydroxylation sites is 1. The molecule has 0 radical (unpaired) electrons. The SMILES string of the molecule is C[C@H](NCc1ccccc1N)c1ccc(Cl)cc1. The second-order valence-electron chi connectivity index (χ2n) is 4.35. The smallest absolute Gasteiger partial charge is 0.0406 e. The molecule has 2 aromatic carbocycles. The molecule has 1 atom stereocenters. The Morgan fingerprint density at radius 2 is 1.78 bits per heavy atom. The summed E-state index contributed by atoms with van der Waals surface area (Å²) < 4.78 is 0. The summed E-state index contributed by atoms with van der Waals surface area (Å²) in [4.78, 5) is 0. The fourth-order valence-electron chi connectivity index (χ4n) is 1.83. The summed E-state index contributed by atoms with van der Waals surface area (Å²) in [6.07, 6.45) is 0. The van der Waals surface area contributed by atoms with Gasteiger partial charge in [-0.05, 0) is 36.2 Å². The molecule has 0 saturated heterocycles. The Morgan fingerprint density at radius 1 is 1.11 bits per heavy atom. The molecule has 0 amide bonds. The Kier molecular flexibility index (Phi) is 4.24. The Hall–Kier alpha value is -1.51. The minimum atomic E-state index is 0.266. The number of nitrogen functional groups attached to an aromatic ring is 1. The molecule has 0 unspecified atom stereocenters. The first-order valence-electron chi connectivity index (χ1n) is 5.99. The molecule has 0 aliphatic carbocycles. The second kappa shape index (κ2) is 5.89. The van der Waals surface area contributed by atoms with Crippen LogP contribution in [0.2, 0.25) is 5.02 Å². The van der Waals surface area contributed by atoms with E-state index in [1.165, 1.54) is 5.56 Å². The monoisotopic (exact) mass is 260 g/mol. The van der Waals surface area contributed by atoms with Crippen LogP contribution in [0.5, 0.6) is 0 Å². The lowest BCUT2D eigenvalue weighted by Gasteiger charge is -2.15. The molecule has 18 heavy (non-hydrogen) atoms. The van der Waals surface area contributed by atoms with Crippen LogP contribution in [0.15, 0.2) is 48.5 Å². The molecule has 0 heterocycles. The van der Waals surface area contributed by atoms with Crippen LogP contribution in [0.1, 0.15) is 24.1 Å². The Morgan fingerprint density at radius 3 is 2.44 bits per heavy atom. The highest BCUT2D eigenvalue weighted by Crippen LogP contribution is 2.17. The predicted molar refractivity (Wildman–Crippen MR) is 77.6 cm³/mol. The number of hydrogen-bond donors (Lipinski definition) is 2. The maximum absolute atomic E-state index is 5.91. The molecule has 2 rings (SSSR count). The van der Waals surface area contributed by atoms with Crippen LogP contribution in [0.3, 0.4) is 0 Å². The van der Waals surface area contributed by atoms with Crippen molar-refractivity contribution in [3.05, 3.63) is 64.7 Å². The lowest BCUT2D eigenvalue weighted by molar-refractivity contribution is 0.575. The van der Waals surface area contributed by atoms with Crippen molar-refractivity contribution in [3.8, 4) is 0 Å². The van der Waals surface area contributed by atoms with E-state index >= 15 is 0 Å². The van der Waals surface area contributed by atoms with Gasteiger partial charge in [-0.1, -0.05) is 41.9 Å². The van der Waals surface area contributed by atoms with Gasteiger partial charge in [0.2, 0.25) is 0 Å². The highest BCUT2D eigenvalue weighted by Gasteiger charge is 2.05. The van der Waals surface area contributed by atoms with Crippen molar-refractivity contribution in [3.63, 3.8) is 0 Å². The van der Waals surface area contributed by atoms with Gasteiger partial charge in [0, 0.05) is 23.3 Å². The zero-order valence-corrected chi connectivity index (χ0v) is 11.1. The van der Waals surface area contributed by atoms with E-state index in [4.69, 9.17) is 17.3 Å². The van der Waals surface area contributed by atoms with E-state index in [9.17, 15) is 0 Å². The van der Waals surface area contributed by atoms with Crippen molar-refractivity contribution in [2.45, 2.75) is 19.5 Å². The van der Waals surface area contributed by atoms with E-state index in [1.807, 2.05) is 48.5 Å². The van der Waals surface area contributed by atoms with Gasteiger partial charge in [0.15, 0.2) is 0 Å². The Balaban J connectivity index is 1.98. The molecule has 0 aliphatic heterocycles. The summed E-state index contributed by atoms with van der Waals surface area (Å²) in [6, 6.07) is 16.1. The molecule has 2 aromatic rings. The maximum atomic E-state index is 5.91. The van der Waals surface area contributed by atoms with Crippen LogP contribution in [0, 0.1) is 0 Å². The molecule has 3 heteroatoms. The standard InChI is InChI=1S/C15H17ClN2/c1-11(12-6-8-14(16)9-7-12)18-10-13-4-2-3-5-15(13)17/h2-9,11,18H,10,17H2,1H3/t11-/m0/s1. The van der Waals surface area contributed by atoms with Gasteiger partial charge in [-0.2, -0.15) is 0 Å². The van der Waals surface area contributed by atoms with E-state index < -0.39 is 0 Å². The molecule has 0 aromatic heterocycles. The van der Waals surface area contributed by atoms with E-state index in [2.05, 4.69) is 12.2 Å². The summed E-state index contributed by atoms with van der Waals surface area (Å²) in [7, 11) is 0. The summed E-state index contributed by atoms with van der Waals surface area (Å²) >= 11 is 5.87. The van der Waals surface area contributed by atoms with E-state index in [0.717, 1.165) is 22.8 Å². The zero-order valence-electron chi connectivity index (χ0n) is 10.4. The quantitative estimate of drug-likeness (QED) is 0.822. The highest BCUT2D eigenvalue weighted by molar-refractivity contribution is 6.30. The Labute approximate surface area is 113 Å². The van der Waals surface area contributed by atoms with Crippen molar-refractivity contribution < 1.29 is 0 Å². The van der Waals surface area contributed by atoms with Gasteiger partial charge in [-0.15, -0.1) is 0 Å². The summed E-state index contributed by atoms with van der Waals surface area (Å²) in [5.41, 5.74) is 9.08. The average Bonchev–Trinajstić information content (AvgIpc) is 2.38. The van der Waals surface area contributed by atoms with Crippen LogP contribution in [0.4, 0.5) is 5.69 Å². The number of halogens is 1. The molecule has 0 bridgehead atoms. The first-order valence-corrected chi connectivity index (χ1v) is 6.37. The number of hydrogen-bond acceptors (Lipinski definition) is 2. The van der Waals surface area contributed by atoms with Crippen LogP contribution in [0.25, 0.3) is 0 Å². The van der Waals surface area contributed by atoms with Gasteiger partial charge < -0.3 is 11.1 Å². The van der Waals surface area contributed by atoms with Gasteiger partial charge in [-0.3, -0.25) is 0 Å². The molecule has 2 nitrogen and oxygen atoms in total. The van der Waals surface area contributed by atoms with Crippen molar-refractivity contribution in [2.24, 2.45) is 0 Å². The van der Waals surface area contributed by atoms with Crippen LogP contribution in [-0.2, 0) is 6.54 Å². The van der Waals surface area contributed by atoms with Gasteiger partial charge in [-0.25, -0.2) is 0 Å². The number of anilines is 1. The fraction of sp³-hybridized carbons (Fsp3) is 0.200. The average molecular weight is 261 g/mol. The highest BCUT2D eigenvalue weighted by atomic mass is 35.5. The Bertz CT molecular complexity index is 508. The van der Waals surface area contributed by atoms with Crippen molar-refractivity contribution in [1.29, 1.82) is 0 Å². The lowest BCUT2D eigenvalue weighted by atomic mass is 10.1. The molecule has 0 saturated carbocycles. The predicted octanol–water partition coefficient (Wildman–Crippen LogP) is 3.77. The van der Waals surface area contributed by atoms with E-state index in [1.54, 1.807) is 0 Å². The molecule has 94 valence electrons. The third-order valence-electron chi connectivity index (χ3n) is 3.02. The fourth-order valence-corrected chi connectivity index (χ4v) is 1.95. The molecule has 0 fully saturated rings. The normalized spacial score (nSPS) is 12.3. The molecular weight excluding hydrogens is 244 g/mol. The third kappa shape index (κ3) is 3.25. The van der Waals surface area contributed by atoms with Crippen LogP contribution < -0.4 is 11.1 Å². The van der Waals surface area contributed by atoms with Gasteiger partial charge in [0.25, 0.3) is 0 Å². The number of rotatable bonds is 4. The number of nitrogens with one attached hydrogen (secondary N) is 1. The van der Waals surface area contributed by atoms with Gasteiger partial charge in [0.05, 0.1) is 0 Å². The number of benzene rings is 2. The van der Waals surface area contributed by atoms with Crippen LogP contribution in [-0.4, -0.2) is 0 Å². The first kappa shape index (κ1) is 12.9. The van der Waals surface area contributed by atoms with Gasteiger partial charge in [0.1, 0.15) is 0 Å². The number of nitrogens with two attached hydrogens (primary N) is 1. The molecule has 0 aliphatic rings. The van der Waals surface area contributed by atoms with Gasteiger partial charge >= 0.3 is 0 Å². The molecule has 0 spiro atoms. The molecule has 3 N–H and O–H groups in total. The lowest BCUT2D eigenvalue weighted by Crippen LogP contribution is -2.18. The molecular formula is C15H17ClN2. The summed E-state index contributed by atoms with van der Waals surface area (Å²) in [5.74, 6) is 0. The van der Waals surface area contributed by atoms with E-state index in [0.29, 0.717) is 0 Å². The third-order valence-corrected chi connectivity index (χ3v) is 3.28. The maximum Gasteiger partial charge on any atom is 0.0406 e.